The van der Waals surface area contributed by atoms with Crippen molar-refractivity contribution in [1.82, 2.24) is 9.80 Å². The smallest absolute Gasteiger partial charge is 0.311 e. The van der Waals surface area contributed by atoms with Crippen LogP contribution in [0.1, 0.15) is 64.9 Å². The lowest BCUT2D eigenvalue weighted by Crippen LogP contribution is -2.57. The summed E-state index contributed by atoms with van der Waals surface area (Å²) in [7, 11) is 0. The molecule has 0 aliphatic carbocycles. The summed E-state index contributed by atoms with van der Waals surface area (Å²) < 4.78 is 4.53. The van der Waals surface area contributed by atoms with Crippen LogP contribution in [0.25, 0.3) is 0 Å². The van der Waals surface area contributed by atoms with Crippen molar-refractivity contribution in [1.29, 1.82) is 0 Å². The number of carbonyl (C=O) groups excluding carboxylic acids is 3. The Bertz CT molecular complexity index is 1130. The Balaban J connectivity index is 1.71. The number of benzene rings is 1. The van der Waals surface area contributed by atoms with E-state index >= 15 is 0 Å². The number of likely N-dealkylation sites (tertiary alicyclic amines) is 1. The highest BCUT2D eigenvalue weighted by molar-refractivity contribution is 8.02. The molecule has 224 valence electrons. The van der Waals surface area contributed by atoms with Gasteiger partial charge in [-0.3, -0.25) is 14.4 Å². The average Bonchev–Trinajstić information content (AvgIpc) is 3.52. The molecule has 3 saturated heterocycles. The van der Waals surface area contributed by atoms with E-state index in [-0.39, 0.29) is 30.3 Å². The lowest BCUT2D eigenvalue weighted by molar-refractivity contribution is -0.156. The zero-order valence-corrected chi connectivity index (χ0v) is 25.6. The summed E-state index contributed by atoms with van der Waals surface area (Å²) >= 11 is 1.64. The van der Waals surface area contributed by atoms with Crippen LogP contribution in [0, 0.1) is 17.8 Å². The first-order valence-electron chi connectivity index (χ1n) is 15.0. The molecule has 8 heteroatoms. The second kappa shape index (κ2) is 13.2. The normalized spacial score (nSPS) is 29.0. The quantitative estimate of drug-likeness (QED) is 0.178. The van der Waals surface area contributed by atoms with Gasteiger partial charge in [0.15, 0.2) is 0 Å². The van der Waals surface area contributed by atoms with E-state index in [2.05, 4.69) is 20.1 Å². The van der Waals surface area contributed by atoms with Crippen molar-refractivity contribution < 1.29 is 24.2 Å². The van der Waals surface area contributed by atoms with Gasteiger partial charge < -0.3 is 19.6 Å². The molecular weight excluding hydrogens is 536 g/mol. The summed E-state index contributed by atoms with van der Waals surface area (Å²) in [6, 6.07) is 8.50. The molecule has 2 unspecified atom stereocenters. The Labute approximate surface area is 249 Å². The largest absolute Gasteiger partial charge is 0.465 e. The Morgan fingerprint density at radius 1 is 1.20 bits per heavy atom. The molecule has 1 spiro atoms. The van der Waals surface area contributed by atoms with Crippen LogP contribution in [0.3, 0.4) is 0 Å². The number of hydrogen-bond acceptors (Lipinski definition) is 6. The molecule has 0 aromatic heterocycles. The Hall–Kier alpha value is -2.58. The molecule has 1 N–H and O–H groups in total. The first-order chi connectivity index (χ1) is 19.6. The van der Waals surface area contributed by atoms with Crippen LogP contribution in [-0.2, 0) is 25.7 Å². The summed E-state index contributed by atoms with van der Waals surface area (Å²) in [4.78, 5) is 46.2. The molecule has 2 amide bonds. The molecule has 2 bridgehead atoms. The first kappa shape index (κ1) is 31.4. The fourth-order valence-electron chi connectivity index (χ4n) is 7.23. The lowest BCUT2D eigenvalue weighted by Gasteiger charge is -2.40. The van der Waals surface area contributed by atoms with Crippen LogP contribution in [-0.4, -0.2) is 74.0 Å². The van der Waals surface area contributed by atoms with E-state index in [4.69, 9.17) is 4.74 Å². The van der Waals surface area contributed by atoms with Crippen LogP contribution in [0.15, 0.2) is 55.6 Å². The van der Waals surface area contributed by atoms with Gasteiger partial charge in [0.05, 0.1) is 35.8 Å². The van der Waals surface area contributed by atoms with Crippen molar-refractivity contribution in [3.05, 3.63) is 61.2 Å². The number of thioether (sulfide) groups is 1. The minimum atomic E-state index is -0.781. The van der Waals surface area contributed by atoms with Crippen molar-refractivity contribution >= 4 is 29.5 Å². The molecular formula is C33H46N2O5S. The molecule has 3 aliphatic heterocycles. The number of hydrogen-bond donors (Lipinski definition) is 1. The van der Waals surface area contributed by atoms with E-state index in [0.717, 1.165) is 31.2 Å². The van der Waals surface area contributed by atoms with E-state index in [9.17, 15) is 19.5 Å². The van der Waals surface area contributed by atoms with E-state index in [0.29, 0.717) is 32.5 Å². The molecule has 7 nitrogen and oxygen atoms in total. The van der Waals surface area contributed by atoms with Crippen molar-refractivity contribution in [2.75, 3.05) is 19.8 Å². The minimum Gasteiger partial charge on any atom is -0.465 e. The average molecular weight is 583 g/mol. The molecule has 0 radical (unpaired) electrons. The SMILES string of the molecule is C=CCCCCOC(=O)[C@@H]1[C@H]2C(=O)N([C@@H](CO)CC(C)C)C(C(=O)N(CC=C)Cc3ccccc3)C23CC[C@@]1(C)S3. The van der Waals surface area contributed by atoms with Gasteiger partial charge in [-0.05, 0) is 56.9 Å². The number of esters is 1. The number of aliphatic hydroxyl groups excluding tert-OH is 1. The number of unbranched alkanes of at least 4 members (excludes halogenated alkanes) is 2. The van der Waals surface area contributed by atoms with Gasteiger partial charge in [-0.2, -0.15) is 0 Å². The molecule has 1 aromatic rings. The van der Waals surface area contributed by atoms with Gasteiger partial charge in [-0.25, -0.2) is 0 Å². The van der Waals surface area contributed by atoms with Gasteiger partial charge in [0, 0.05) is 17.8 Å². The van der Waals surface area contributed by atoms with Gasteiger partial charge >= 0.3 is 5.97 Å². The monoisotopic (exact) mass is 582 g/mol. The van der Waals surface area contributed by atoms with Crippen LogP contribution in [0.5, 0.6) is 0 Å². The zero-order chi connectivity index (χ0) is 29.8. The van der Waals surface area contributed by atoms with Gasteiger partial charge in [-0.15, -0.1) is 24.9 Å². The number of rotatable bonds is 15. The van der Waals surface area contributed by atoms with Crippen molar-refractivity contribution in [2.24, 2.45) is 17.8 Å². The lowest BCUT2D eigenvalue weighted by atomic mass is 9.66. The van der Waals surface area contributed by atoms with Gasteiger partial charge in [0.25, 0.3) is 0 Å². The third-order valence-corrected chi connectivity index (χ3v) is 11.0. The van der Waals surface area contributed by atoms with Gasteiger partial charge in [0.2, 0.25) is 11.8 Å². The molecule has 4 rings (SSSR count). The second-order valence-electron chi connectivity index (χ2n) is 12.4. The number of ether oxygens (including phenoxy) is 1. The molecule has 1 aromatic carbocycles. The van der Waals surface area contributed by atoms with Crippen molar-refractivity contribution in [3.8, 4) is 0 Å². The summed E-state index contributed by atoms with van der Waals surface area (Å²) in [5.41, 5.74) is 0.988. The van der Waals surface area contributed by atoms with Crippen LogP contribution >= 0.6 is 11.8 Å². The second-order valence-corrected chi connectivity index (χ2v) is 14.3. The highest BCUT2D eigenvalue weighted by atomic mass is 32.2. The molecule has 0 saturated carbocycles. The van der Waals surface area contributed by atoms with E-state index in [1.54, 1.807) is 27.6 Å². The van der Waals surface area contributed by atoms with E-state index < -0.39 is 33.4 Å². The van der Waals surface area contributed by atoms with E-state index in [1.165, 1.54) is 0 Å². The summed E-state index contributed by atoms with van der Waals surface area (Å²) in [5, 5.41) is 10.5. The Kier molecular flexibility index (Phi) is 10.1. The number of fused-ring (bicyclic) bond motifs is 1. The molecule has 3 heterocycles. The Morgan fingerprint density at radius 2 is 1.93 bits per heavy atom. The summed E-state index contributed by atoms with van der Waals surface area (Å²) in [6.07, 6.45) is 8.00. The molecule has 3 aliphatic rings. The Morgan fingerprint density at radius 3 is 2.56 bits per heavy atom. The molecule has 41 heavy (non-hydrogen) atoms. The van der Waals surface area contributed by atoms with Crippen molar-refractivity contribution in [3.63, 3.8) is 0 Å². The topological polar surface area (TPSA) is 87.1 Å². The number of aliphatic hydroxyl groups is 1. The minimum absolute atomic E-state index is 0.151. The van der Waals surface area contributed by atoms with Crippen LogP contribution in [0.2, 0.25) is 0 Å². The standard InChI is InChI=1S/C33H46N2O5S/c1-6-8-9-13-19-40-31(39)27-26-29(37)35(25(22-36)20-23(3)4)28(33(26)17-16-32(27,5)41-33)30(38)34(18-7-2)21-24-14-11-10-12-15-24/h6-7,10-12,14-15,23,25-28,36H,1-2,8-9,13,16-22H2,3-5H3/t25-,26+,27+,28?,32-,33?/m1/s1. The predicted octanol–water partition coefficient (Wildman–Crippen LogP) is 4.99. The van der Waals surface area contributed by atoms with Crippen LogP contribution < -0.4 is 0 Å². The van der Waals surface area contributed by atoms with E-state index in [1.807, 2.05) is 50.3 Å². The number of amides is 2. The third kappa shape index (κ3) is 6.00. The maximum Gasteiger partial charge on any atom is 0.311 e. The summed E-state index contributed by atoms with van der Waals surface area (Å²) in [6.45, 7) is 14.6. The number of allylic oxidation sites excluding steroid dienone is 1. The first-order valence-corrected chi connectivity index (χ1v) is 15.8. The van der Waals surface area contributed by atoms with Gasteiger partial charge in [0.1, 0.15) is 6.04 Å². The predicted molar refractivity (Wildman–Crippen MR) is 163 cm³/mol. The number of nitrogens with zero attached hydrogens (tertiary/aromatic N) is 2. The summed E-state index contributed by atoms with van der Waals surface area (Å²) in [5.74, 6) is -1.78. The fourth-order valence-corrected chi connectivity index (χ4v) is 9.56. The maximum atomic E-state index is 14.6. The van der Waals surface area contributed by atoms with Crippen molar-refractivity contribution in [2.45, 2.75) is 87.4 Å². The third-order valence-electron chi connectivity index (χ3n) is 8.97. The zero-order valence-electron chi connectivity index (χ0n) is 24.8. The van der Waals surface area contributed by atoms with Gasteiger partial charge in [-0.1, -0.05) is 56.3 Å². The van der Waals surface area contributed by atoms with Crippen LogP contribution in [0.4, 0.5) is 0 Å². The fraction of sp³-hybridized carbons (Fsp3) is 0.606. The highest BCUT2D eigenvalue weighted by Gasteiger charge is 2.78. The maximum absolute atomic E-state index is 14.6. The molecule has 6 atom stereocenters. The highest BCUT2D eigenvalue weighted by Crippen LogP contribution is 2.72. The number of carbonyl (C=O) groups is 3. The molecule has 3 fully saturated rings.